The van der Waals surface area contributed by atoms with Gasteiger partial charge in [0.05, 0.1) is 27.2 Å². The van der Waals surface area contributed by atoms with Crippen LogP contribution < -0.4 is 5.32 Å². The third-order valence-corrected chi connectivity index (χ3v) is 10.5. The van der Waals surface area contributed by atoms with Gasteiger partial charge < -0.3 is 5.32 Å². The number of carbonyl (C=O) groups is 1. The molecule has 184 valence electrons. The lowest BCUT2D eigenvalue weighted by Gasteiger charge is -2.45. The molecular formula is C24H31ClF3NO3S. The Morgan fingerprint density at radius 1 is 1.12 bits per heavy atom. The highest BCUT2D eigenvalue weighted by Gasteiger charge is 2.46. The van der Waals surface area contributed by atoms with Crippen molar-refractivity contribution in [3.05, 3.63) is 34.3 Å². The third kappa shape index (κ3) is 5.87. The molecule has 1 unspecified atom stereocenters. The molecule has 4 rings (SSSR count). The van der Waals surface area contributed by atoms with Crippen LogP contribution in [0.15, 0.2) is 18.2 Å². The van der Waals surface area contributed by atoms with Crippen LogP contribution in [0, 0.1) is 17.3 Å². The standard InChI is InChI=1S/C24H31ClF3NO3S/c1-15(29-22(30)20-7-6-18(12-21(20)25)24(26,27)28)23(13-16-2-3-16)10-8-19(9-11-23)33(31,32)14-17-4-5-17/h6-7,12,15-17,19H,2-5,8-11,13-14H2,1H3,(H,29,30). The van der Waals surface area contributed by atoms with Gasteiger partial charge in [0, 0.05) is 6.04 Å². The second-order valence-electron chi connectivity index (χ2n) is 10.4. The predicted molar refractivity (Wildman–Crippen MR) is 122 cm³/mol. The van der Waals surface area contributed by atoms with Crippen LogP contribution in [0.4, 0.5) is 13.2 Å². The molecule has 0 bridgehead atoms. The first-order chi connectivity index (χ1) is 15.4. The van der Waals surface area contributed by atoms with Crippen molar-refractivity contribution in [2.45, 2.75) is 82.2 Å². The number of amides is 1. The van der Waals surface area contributed by atoms with Gasteiger partial charge in [-0.2, -0.15) is 13.2 Å². The molecule has 1 atom stereocenters. The maximum Gasteiger partial charge on any atom is 0.416 e. The topological polar surface area (TPSA) is 63.2 Å². The summed E-state index contributed by atoms with van der Waals surface area (Å²) in [5.74, 6) is 0.727. The second-order valence-corrected chi connectivity index (χ2v) is 13.1. The molecule has 0 aliphatic heterocycles. The van der Waals surface area contributed by atoms with E-state index >= 15 is 0 Å². The minimum Gasteiger partial charge on any atom is -0.349 e. The van der Waals surface area contributed by atoms with Crippen LogP contribution in [0.25, 0.3) is 0 Å². The molecule has 0 heterocycles. The number of nitrogens with one attached hydrogen (secondary N) is 1. The van der Waals surface area contributed by atoms with Crippen LogP contribution in [-0.4, -0.2) is 31.4 Å². The average molecular weight is 506 g/mol. The lowest BCUT2D eigenvalue weighted by Crippen LogP contribution is -2.49. The van der Waals surface area contributed by atoms with Gasteiger partial charge in [-0.25, -0.2) is 8.42 Å². The van der Waals surface area contributed by atoms with E-state index in [1.807, 2.05) is 6.92 Å². The fourth-order valence-electron chi connectivity index (χ4n) is 5.29. The molecule has 0 aromatic heterocycles. The van der Waals surface area contributed by atoms with E-state index in [2.05, 4.69) is 5.32 Å². The lowest BCUT2D eigenvalue weighted by atomic mass is 9.66. The highest BCUT2D eigenvalue weighted by Crippen LogP contribution is 2.51. The molecule has 1 aromatic carbocycles. The summed E-state index contributed by atoms with van der Waals surface area (Å²) in [5.41, 5.74) is -1.09. The van der Waals surface area contributed by atoms with Crippen molar-refractivity contribution >= 4 is 27.3 Å². The monoisotopic (exact) mass is 505 g/mol. The molecule has 33 heavy (non-hydrogen) atoms. The van der Waals surface area contributed by atoms with E-state index in [-0.39, 0.29) is 27.3 Å². The van der Waals surface area contributed by atoms with Crippen LogP contribution in [0.5, 0.6) is 0 Å². The van der Waals surface area contributed by atoms with Gasteiger partial charge in [0.25, 0.3) is 5.91 Å². The molecule has 3 fully saturated rings. The van der Waals surface area contributed by atoms with Gasteiger partial charge in [0.1, 0.15) is 0 Å². The van der Waals surface area contributed by atoms with E-state index in [1.54, 1.807) is 0 Å². The van der Waals surface area contributed by atoms with Crippen molar-refractivity contribution in [3.63, 3.8) is 0 Å². The Morgan fingerprint density at radius 3 is 2.24 bits per heavy atom. The zero-order chi connectivity index (χ0) is 24.0. The highest BCUT2D eigenvalue weighted by molar-refractivity contribution is 7.92. The summed E-state index contributed by atoms with van der Waals surface area (Å²) in [7, 11) is -3.09. The third-order valence-electron chi connectivity index (χ3n) is 7.80. The van der Waals surface area contributed by atoms with Crippen molar-refractivity contribution in [3.8, 4) is 0 Å². The summed E-state index contributed by atoms with van der Waals surface area (Å²) in [4.78, 5) is 12.9. The predicted octanol–water partition coefficient (Wildman–Crippen LogP) is 6.03. The second kappa shape index (κ2) is 9.06. The Labute approximate surface area is 198 Å². The zero-order valence-corrected chi connectivity index (χ0v) is 20.3. The van der Waals surface area contributed by atoms with E-state index in [0.717, 1.165) is 63.1 Å². The van der Waals surface area contributed by atoms with E-state index in [9.17, 15) is 26.4 Å². The van der Waals surface area contributed by atoms with E-state index in [0.29, 0.717) is 30.4 Å². The molecule has 3 aliphatic rings. The molecule has 3 saturated carbocycles. The molecule has 4 nitrogen and oxygen atoms in total. The molecule has 1 aromatic rings. The van der Waals surface area contributed by atoms with Crippen LogP contribution in [0.2, 0.25) is 5.02 Å². The molecular weight excluding hydrogens is 475 g/mol. The van der Waals surface area contributed by atoms with Crippen molar-refractivity contribution in [1.82, 2.24) is 5.32 Å². The number of halogens is 4. The largest absolute Gasteiger partial charge is 0.416 e. The van der Waals surface area contributed by atoms with Crippen LogP contribution >= 0.6 is 11.6 Å². The normalized spacial score (nSPS) is 27.2. The van der Waals surface area contributed by atoms with Gasteiger partial charge in [0.2, 0.25) is 0 Å². The van der Waals surface area contributed by atoms with Crippen molar-refractivity contribution in [2.75, 3.05) is 5.75 Å². The quantitative estimate of drug-likeness (QED) is 0.469. The Kier molecular flexibility index (Phi) is 6.82. The first-order valence-corrected chi connectivity index (χ1v) is 13.9. The van der Waals surface area contributed by atoms with Gasteiger partial charge >= 0.3 is 6.18 Å². The zero-order valence-electron chi connectivity index (χ0n) is 18.8. The molecule has 3 aliphatic carbocycles. The van der Waals surface area contributed by atoms with Crippen molar-refractivity contribution in [2.24, 2.45) is 17.3 Å². The number of benzene rings is 1. The summed E-state index contributed by atoms with van der Waals surface area (Å²) in [6, 6.07) is 2.51. The number of alkyl halides is 3. The first kappa shape index (κ1) is 24.8. The molecule has 0 saturated heterocycles. The Bertz CT molecular complexity index is 995. The minimum atomic E-state index is -4.53. The minimum absolute atomic E-state index is 0.0128. The Balaban J connectivity index is 1.45. The van der Waals surface area contributed by atoms with Gasteiger partial charge in [-0.3, -0.25) is 4.79 Å². The van der Waals surface area contributed by atoms with E-state index < -0.39 is 27.5 Å². The van der Waals surface area contributed by atoms with Crippen molar-refractivity contribution in [1.29, 1.82) is 0 Å². The molecule has 9 heteroatoms. The average Bonchev–Trinajstić information content (AvgIpc) is 3.65. The summed E-state index contributed by atoms with van der Waals surface area (Å²) >= 11 is 6.02. The van der Waals surface area contributed by atoms with Crippen LogP contribution in [0.1, 0.15) is 80.6 Å². The van der Waals surface area contributed by atoms with Gasteiger partial charge in [0.15, 0.2) is 9.84 Å². The number of sulfone groups is 1. The summed E-state index contributed by atoms with van der Waals surface area (Å²) in [6.07, 6.45) is 3.36. The van der Waals surface area contributed by atoms with Gasteiger partial charge in [-0.15, -0.1) is 0 Å². The number of hydrogen-bond donors (Lipinski definition) is 1. The Hall–Kier alpha value is -1.28. The van der Waals surface area contributed by atoms with Crippen LogP contribution in [-0.2, 0) is 16.0 Å². The maximum absolute atomic E-state index is 12.9. The SMILES string of the molecule is CC(NC(=O)c1ccc(C(F)(F)F)cc1Cl)C1(CC2CC2)CCC(S(=O)(=O)CC2CC2)CC1. The molecule has 1 N–H and O–H groups in total. The number of rotatable bonds is 8. The van der Waals surface area contributed by atoms with E-state index in [4.69, 9.17) is 11.6 Å². The van der Waals surface area contributed by atoms with Gasteiger partial charge in [-0.1, -0.05) is 24.4 Å². The number of carbonyl (C=O) groups excluding carboxylic acids is 1. The summed E-state index contributed by atoms with van der Waals surface area (Å²) < 4.78 is 64.3. The highest BCUT2D eigenvalue weighted by atomic mass is 35.5. The fraction of sp³-hybridized carbons (Fsp3) is 0.708. The van der Waals surface area contributed by atoms with Crippen molar-refractivity contribution < 1.29 is 26.4 Å². The number of hydrogen-bond acceptors (Lipinski definition) is 3. The summed E-state index contributed by atoms with van der Waals surface area (Å²) in [6.45, 7) is 1.93. The maximum atomic E-state index is 12.9. The van der Waals surface area contributed by atoms with Gasteiger partial charge in [-0.05, 0) is 87.3 Å². The first-order valence-electron chi connectivity index (χ1n) is 11.8. The van der Waals surface area contributed by atoms with E-state index in [1.165, 1.54) is 0 Å². The molecule has 0 radical (unpaired) electrons. The lowest BCUT2D eigenvalue weighted by molar-refractivity contribution is -0.137. The molecule has 0 spiro atoms. The van der Waals surface area contributed by atoms with Crippen LogP contribution in [0.3, 0.4) is 0 Å². The summed E-state index contributed by atoms with van der Waals surface area (Å²) in [5, 5.41) is 2.44. The smallest absolute Gasteiger partial charge is 0.349 e. The molecule has 1 amide bonds. The Morgan fingerprint density at radius 2 is 1.73 bits per heavy atom. The fourth-order valence-corrected chi connectivity index (χ4v) is 7.77.